The second kappa shape index (κ2) is 4.48. The van der Waals surface area contributed by atoms with Crippen molar-refractivity contribution in [1.29, 1.82) is 0 Å². The minimum atomic E-state index is -0.489. The van der Waals surface area contributed by atoms with E-state index in [1.165, 1.54) is 23.5 Å². The molecule has 0 saturated carbocycles. The van der Waals surface area contributed by atoms with Gasteiger partial charge in [0.25, 0.3) is 5.69 Å². The number of halogens is 2. The molecule has 0 saturated heterocycles. The van der Waals surface area contributed by atoms with Gasteiger partial charge in [0, 0.05) is 26.9 Å². The van der Waals surface area contributed by atoms with Gasteiger partial charge >= 0.3 is 0 Å². The number of thiophene rings is 1. The van der Waals surface area contributed by atoms with Crippen molar-refractivity contribution >= 4 is 44.6 Å². The van der Waals surface area contributed by atoms with Gasteiger partial charge in [0.15, 0.2) is 0 Å². The van der Waals surface area contributed by atoms with Gasteiger partial charge in [-0.1, -0.05) is 11.6 Å². The molecule has 0 N–H and O–H groups in total. The third-order valence-corrected chi connectivity index (χ3v) is 3.78. The molecule has 16 heavy (non-hydrogen) atoms. The maximum absolute atomic E-state index is 10.7. The summed E-state index contributed by atoms with van der Waals surface area (Å²) in [7, 11) is 0. The lowest BCUT2D eigenvalue weighted by atomic mass is 10.2. The fraction of sp³-hybridized carbons (Fsp3) is 0. The quantitative estimate of drug-likeness (QED) is 0.475. The smallest absolute Gasteiger partial charge is 0.258 e. The van der Waals surface area contributed by atoms with E-state index >= 15 is 0 Å². The third kappa shape index (κ3) is 2.23. The topological polar surface area (TPSA) is 56.0 Å². The van der Waals surface area contributed by atoms with Crippen molar-refractivity contribution in [3.8, 4) is 11.3 Å². The van der Waals surface area contributed by atoms with Crippen LogP contribution in [0.25, 0.3) is 11.3 Å². The molecule has 0 spiro atoms. The number of hydrogen-bond acceptors (Lipinski definition) is 4. The van der Waals surface area contributed by atoms with Gasteiger partial charge in [-0.25, -0.2) is 4.98 Å². The first-order valence-electron chi connectivity index (χ1n) is 4.12. The predicted octanol–water partition coefficient (Wildman–Crippen LogP) is 4.13. The van der Waals surface area contributed by atoms with Crippen LogP contribution in [0.2, 0.25) is 5.15 Å². The van der Waals surface area contributed by atoms with Gasteiger partial charge in [0.05, 0.1) is 16.7 Å². The van der Waals surface area contributed by atoms with Gasteiger partial charge < -0.3 is 0 Å². The van der Waals surface area contributed by atoms with Crippen molar-refractivity contribution in [1.82, 2.24) is 4.98 Å². The van der Waals surface area contributed by atoms with E-state index in [4.69, 9.17) is 11.6 Å². The molecule has 0 unspecified atom stereocenters. The maximum atomic E-state index is 10.7. The van der Waals surface area contributed by atoms with Crippen LogP contribution in [0.4, 0.5) is 5.69 Å². The highest BCUT2D eigenvalue weighted by molar-refractivity contribution is 9.10. The summed E-state index contributed by atoms with van der Waals surface area (Å²) in [6.45, 7) is 0. The summed E-state index contributed by atoms with van der Waals surface area (Å²) >= 11 is 10.6. The van der Waals surface area contributed by atoms with Crippen LogP contribution in [-0.4, -0.2) is 9.91 Å². The molecule has 0 radical (unpaired) electrons. The zero-order valence-corrected chi connectivity index (χ0v) is 10.8. The summed E-state index contributed by atoms with van der Waals surface area (Å²) in [5.41, 5.74) is 1.23. The number of rotatable bonds is 2. The highest BCUT2D eigenvalue weighted by atomic mass is 79.9. The maximum Gasteiger partial charge on any atom is 0.274 e. The first-order valence-corrected chi connectivity index (χ1v) is 6.23. The summed E-state index contributed by atoms with van der Waals surface area (Å²) in [5.74, 6) is 0. The second-order valence-corrected chi connectivity index (χ2v) is 4.91. The zero-order valence-electron chi connectivity index (χ0n) is 7.68. The number of nitro groups is 1. The normalized spacial score (nSPS) is 10.4. The highest BCUT2D eigenvalue weighted by Gasteiger charge is 2.13. The van der Waals surface area contributed by atoms with Crippen molar-refractivity contribution in [2.45, 2.75) is 0 Å². The van der Waals surface area contributed by atoms with Gasteiger partial charge in [-0.15, -0.1) is 0 Å². The fourth-order valence-electron chi connectivity index (χ4n) is 1.19. The van der Waals surface area contributed by atoms with E-state index in [0.29, 0.717) is 5.69 Å². The third-order valence-electron chi connectivity index (χ3n) is 1.88. The Hall–Kier alpha value is -0.980. The standard InChI is InChI=1S/C9H4BrClN2O2S/c10-7-4-16-3-6(7)8-1-5(13(14)15)2-9(11)12-8/h1-4H. The Balaban J connectivity index is 2.58. The molecule has 0 atom stereocenters. The molecule has 0 aliphatic rings. The van der Waals surface area contributed by atoms with Gasteiger partial charge in [-0.3, -0.25) is 10.1 Å². The minimum Gasteiger partial charge on any atom is -0.258 e. The zero-order chi connectivity index (χ0) is 11.7. The van der Waals surface area contributed by atoms with Gasteiger partial charge in [0.2, 0.25) is 0 Å². The molecule has 82 valence electrons. The van der Waals surface area contributed by atoms with Crippen molar-refractivity contribution in [3.63, 3.8) is 0 Å². The Bertz CT molecular complexity index is 558. The summed E-state index contributed by atoms with van der Waals surface area (Å²) in [6, 6.07) is 2.63. The summed E-state index contributed by atoms with van der Waals surface area (Å²) in [4.78, 5) is 14.2. The van der Waals surface area contributed by atoms with E-state index in [9.17, 15) is 10.1 Å². The van der Waals surface area contributed by atoms with Crippen LogP contribution < -0.4 is 0 Å². The van der Waals surface area contributed by atoms with Crippen LogP contribution in [0.15, 0.2) is 27.4 Å². The van der Waals surface area contributed by atoms with Crippen molar-refractivity contribution in [3.05, 3.63) is 42.6 Å². The fourth-order valence-corrected chi connectivity index (χ4v) is 2.89. The Labute approximate surface area is 108 Å². The molecular weight excluding hydrogens is 316 g/mol. The number of aromatic nitrogens is 1. The van der Waals surface area contributed by atoms with E-state index in [-0.39, 0.29) is 10.8 Å². The van der Waals surface area contributed by atoms with Crippen molar-refractivity contribution in [2.24, 2.45) is 0 Å². The second-order valence-electron chi connectivity index (χ2n) is 2.92. The van der Waals surface area contributed by atoms with Gasteiger partial charge in [0.1, 0.15) is 5.15 Å². The average molecular weight is 320 g/mol. The van der Waals surface area contributed by atoms with E-state index in [2.05, 4.69) is 20.9 Å². The van der Waals surface area contributed by atoms with Crippen molar-refractivity contribution in [2.75, 3.05) is 0 Å². The highest BCUT2D eigenvalue weighted by Crippen LogP contribution is 2.33. The average Bonchev–Trinajstić information content (AvgIpc) is 2.63. The number of pyridine rings is 1. The number of nitrogens with zero attached hydrogens (tertiary/aromatic N) is 2. The first-order chi connectivity index (χ1) is 7.58. The molecule has 4 nitrogen and oxygen atoms in total. The Kier molecular flexibility index (Phi) is 3.22. The Morgan fingerprint density at radius 1 is 1.44 bits per heavy atom. The van der Waals surface area contributed by atoms with E-state index in [1.54, 1.807) is 0 Å². The van der Waals surface area contributed by atoms with E-state index in [1.807, 2.05) is 10.8 Å². The predicted molar refractivity (Wildman–Crippen MR) is 66.9 cm³/mol. The molecule has 0 aromatic carbocycles. The molecule has 0 bridgehead atoms. The lowest BCUT2D eigenvalue weighted by molar-refractivity contribution is -0.384. The molecule has 0 aliphatic heterocycles. The first kappa shape index (κ1) is 11.5. The number of hydrogen-bond donors (Lipinski definition) is 0. The van der Waals surface area contributed by atoms with E-state index in [0.717, 1.165) is 10.0 Å². The summed E-state index contributed by atoms with van der Waals surface area (Å²) < 4.78 is 0.849. The SMILES string of the molecule is O=[N+]([O-])c1cc(Cl)nc(-c2cscc2Br)c1. The van der Waals surface area contributed by atoms with Crippen LogP contribution in [0.1, 0.15) is 0 Å². The Morgan fingerprint density at radius 2 is 2.19 bits per heavy atom. The van der Waals surface area contributed by atoms with Crippen molar-refractivity contribution < 1.29 is 4.92 Å². The molecule has 0 amide bonds. The van der Waals surface area contributed by atoms with Crippen LogP contribution >= 0.6 is 38.9 Å². The molecule has 0 aliphatic carbocycles. The van der Waals surface area contributed by atoms with Gasteiger partial charge in [-0.2, -0.15) is 11.3 Å². The largest absolute Gasteiger partial charge is 0.274 e. The van der Waals surface area contributed by atoms with Crippen LogP contribution in [-0.2, 0) is 0 Å². The van der Waals surface area contributed by atoms with Gasteiger partial charge in [-0.05, 0) is 15.9 Å². The molecule has 0 fully saturated rings. The lowest BCUT2D eigenvalue weighted by Crippen LogP contribution is -1.91. The minimum absolute atomic E-state index is 0.0619. The van der Waals surface area contributed by atoms with Crippen LogP contribution in [0, 0.1) is 10.1 Å². The summed E-state index contributed by atoms with van der Waals surface area (Å²) in [5, 5.41) is 14.5. The molecule has 2 aromatic rings. The molecule has 7 heteroatoms. The van der Waals surface area contributed by atoms with Crippen LogP contribution in [0.5, 0.6) is 0 Å². The lowest BCUT2D eigenvalue weighted by Gasteiger charge is -2.00. The molecule has 2 heterocycles. The molecular formula is C9H4BrClN2O2S. The summed E-state index contributed by atoms with van der Waals surface area (Å²) in [6.07, 6.45) is 0. The Morgan fingerprint density at radius 3 is 2.75 bits per heavy atom. The van der Waals surface area contributed by atoms with Crippen LogP contribution in [0.3, 0.4) is 0 Å². The molecule has 2 rings (SSSR count). The monoisotopic (exact) mass is 318 g/mol. The molecule has 2 aromatic heterocycles. The van der Waals surface area contributed by atoms with E-state index < -0.39 is 4.92 Å².